The zero-order chi connectivity index (χ0) is 43.0. The fourth-order valence-corrected chi connectivity index (χ4v) is 6.97. The van der Waals surface area contributed by atoms with E-state index in [1.165, 1.54) is 128 Å². The maximum absolute atomic E-state index is 12.8. The number of ether oxygens (including phenoxy) is 3. The lowest BCUT2D eigenvalue weighted by Gasteiger charge is -2.18. The zero-order valence-electron chi connectivity index (χ0n) is 39.0. The maximum Gasteiger partial charge on any atom is 0.306 e. The van der Waals surface area contributed by atoms with Crippen LogP contribution in [0.5, 0.6) is 0 Å². The van der Waals surface area contributed by atoms with Gasteiger partial charge in [0.1, 0.15) is 13.2 Å². The second-order valence-electron chi connectivity index (χ2n) is 16.7. The van der Waals surface area contributed by atoms with Gasteiger partial charge in [-0.3, -0.25) is 14.4 Å². The minimum atomic E-state index is -0.789. The Balaban J connectivity index is 4.44. The molecule has 0 fully saturated rings. The van der Waals surface area contributed by atoms with Crippen LogP contribution in [0.4, 0.5) is 0 Å². The van der Waals surface area contributed by atoms with Gasteiger partial charge in [-0.2, -0.15) is 0 Å². The van der Waals surface area contributed by atoms with Crippen LogP contribution in [0.3, 0.4) is 0 Å². The molecule has 342 valence electrons. The zero-order valence-corrected chi connectivity index (χ0v) is 39.0. The van der Waals surface area contributed by atoms with Crippen molar-refractivity contribution < 1.29 is 28.6 Å². The van der Waals surface area contributed by atoms with E-state index in [1.807, 2.05) is 0 Å². The number of unbranched alkanes of at least 4 members (excludes halogenated alkanes) is 26. The summed E-state index contributed by atoms with van der Waals surface area (Å²) in [5.74, 6) is -0.930. The van der Waals surface area contributed by atoms with Crippen molar-refractivity contribution >= 4 is 17.9 Å². The molecule has 0 aliphatic carbocycles. The Morgan fingerprint density at radius 3 is 1.05 bits per heavy atom. The summed E-state index contributed by atoms with van der Waals surface area (Å²) in [5.41, 5.74) is 0. The normalized spacial score (nSPS) is 12.4. The molecule has 6 heteroatoms. The van der Waals surface area contributed by atoms with Crippen LogP contribution in [0.1, 0.15) is 252 Å². The second-order valence-corrected chi connectivity index (χ2v) is 16.7. The molecule has 1 atom stereocenters. The molecule has 0 saturated heterocycles. The Morgan fingerprint density at radius 2 is 0.610 bits per heavy atom. The van der Waals surface area contributed by atoms with Crippen molar-refractivity contribution in [3.8, 4) is 0 Å². The van der Waals surface area contributed by atoms with Crippen molar-refractivity contribution in [1.82, 2.24) is 0 Å². The van der Waals surface area contributed by atoms with Crippen molar-refractivity contribution in [3.05, 3.63) is 48.6 Å². The Bertz CT molecular complexity index is 1040. The number of esters is 3. The first-order valence-corrected chi connectivity index (χ1v) is 25.1. The molecule has 59 heavy (non-hydrogen) atoms. The van der Waals surface area contributed by atoms with Crippen LogP contribution in [0, 0.1) is 0 Å². The average Bonchev–Trinajstić information content (AvgIpc) is 3.23. The van der Waals surface area contributed by atoms with Crippen LogP contribution in [0.2, 0.25) is 0 Å². The molecular formula is C53H94O6. The third kappa shape index (κ3) is 46.3. The second kappa shape index (κ2) is 48.0. The number of rotatable bonds is 45. The molecule has 0 amide bonds. The highest BCUT2D eigenvalue weighted by molar-refractivity contribution is 5.71. The van der Waals surface area contributed by atoms with Gasteiger partial charge in [-0.05, 0) is 83.5 Å². The van der Waals surface area contributed by atoms with Crippen LogP contribution in [-0.4, -0.2) is 37.2 Å². The van der Waals surface area contributed by atoms with Gasteiger partial charge in [-0.1, -0.05) is 198 Å². The van der Waals surface area contributed by atoms with Crippen LogP contribution in [-0.2, 0) is 28.6 Å². The smallest absolute Gasteiger partial charge is 0.306 e. The van der Waals surface area contributed by atoms with Gasteiger partial charge < -0.3 is 14.2 Å². The summed E-state index contributed by atoms with van der Waals surface area (Å²) < 4.78 is 16.7. The third-order valence-corrected chi connectivity index (χ3v) is 10.8. The molecule has 0 radical (unpaired) electrons. The summed E-state index contributed by atoms with van der Waals surface area (Å²) >= 11 is 0. The topological polar surface area (TPSA) is 78.9 Å². The van der Waals surface area contributed by atoms with Crippen LogP contribution in [0.25, 0.3) is 0 Å². The van der Waals surface area contributed by atoms with E-state index in [-0.39, 0.29) is 31.1 Å². The average molecular weight is 827 g/mol. The molecule has 0 aromatic rings. The van der Waals surface area contributed by atoms with E-state index >= 15 is 0 Å². The molecule has 0 aliphatic rings. The van der Waals surface area contributed by atoms with Gasteiger partial charge in [0.2, 0.25) is 0 Å². The first-order valence-electron chi connectivity index (χ1n) is 25.1. The molecule has 0 N–H and O–H groups in total. The van der Waals surface area contributed by atoms with Gasteiger partial charge in [0.15, 0.2) is 6.10 Å². The Hall–Kier alpha value is -2.63. The van der Waals surface area contributed by atoms with E-state index < -0.39 is 6.10 Å². The molecule has 0 aromatic carbocycles. The van der Waals surface area contributed by atoms with Crippen LogP contribution >= 0.6 is 0 Å². The van der Waals surface area contributed by atoms with E-state index in [2.05, 4.69) is 69.4 Å². The molecule has 0 saturated carbocycles. The van der Waals surface area contributed by atoms with E-state index in [0.717, 1.165) is 83.5 Å². The van der Waals surface area contributed by atoms with Crippen molar-refractivity contribution in [2.75, 3.05) is 13.2 Å². The van der Waals surface area contributed by atoms with E-state index in [4.69, 9.17) is 14.2 Å². The Labute approximate surface area is 365 Å². The van der Waals surface area contributed by atoms with Gasteiger partial charge in [-0.15, -0.1) is 0 Å². The van der Waals surface area contributed by atoms with Gasteiger partial charge in [0, 0.05) is 19.3 Å². The van der Waals surface area contributed by atoms with E-state index in [1.54, 1.807) is 0 Å². The maximum atomic E-state index is 12.8. The molecular weight excluding hydrogens is 733 g/mol. The predicted molar refractivity (Wildman–Crippen MR) is 252 cm³/mol. The number of hydrogen-bond acceptors (Lipinski definition) is 6. The quantitative estimate of drug-likeness (QED) is 0.0263. The Morgan fingerprint density at radius 1 is 0.339 bits per heavy atom. The standard InChI is InChI=1S/C53H94O6/c1-4-7-10-13-16-19-22-25-26-29-31-34-37-40-43-46-52(55)58-49-50(59-53(56)47-44-41-38-35-32-28-24-21-18-15-12-9-6-3)48-57-51(54)45-42-39-36-33-30-27-23-20-17-14-11-8-5-2/h16,19,21,24-26,31,34,50H,4-15,17-18,20,22-23,27-30,32-33,35-49H2,1-3H3/b19-16-,24-21-,26-25-,34-31-/t50-/m1/s1. The highest BCUT2D eigenvalue weighted by Gasteiger charge is 2.19. The van der Waals surface area contributed by atoms with Gasteiger partial charge in [0.25, 0.3) is 0 Å². The largest absolute Gasteiger partial charge is 0.462 e. The lowest BCUT2D eigenvalue weighted by Crippen LogP contribution is -2.30. The summed E-state index contributed by atoms with van der Waals surface area (Å²) in [5, 5.41) is 0. The monoisotopic (exact) mass is 827 g/mol. The molecule has 0 aromatic heterocycles. The predicted octanol–water partition coefficient (Wildman–Crippen LogP) is 16.3. The van der Waals surface area contributed by atoms with Crippen molar-refractivity contribution in [2.24, 2.45) is 0 Å². The number of hydrogen-bond donors (Lipinski definition) is 0. The summed E-state index contributed by atoms with van der Waals surface area (Å²) in [7, 11) is 0. The highest BCUT2D eigenvalue weighted by atomic mass is 16.6. The van der Waals surface area contributed by atoms with Gasteiger partial charge in [0.05, 0.1) is 0 Å². The molecule has 0 heterocycles. The van der Waals surface area contributed by atoms with Crippen molar-refractivity contribution in [2.45, 2.75) is 258 Å². The fraction of sp³-hybridized carbons (Fsp3) is 0.792. The molecule has 0 spiro atoms. The summed E-state index contributed by atoms with van der Waals surface area (Å²) in [6, 6.07) is 0. The molecule has 0 aliphatic heterocycles. The Kier molecular flexibility index (Phi) is 45.9. The summed E-state index contributed by atoms with van der Waals surface area (Å²) in [6.07, 6.45) is 56.6. The van der Waals surface area contributed by atoms with Crippen molar-refractivity contribution in [3.63, 3.8) is 0 Å². The first kappa shape index (κ1) is 56.4. The lowest BCUT2D eigenvalue weighted by molar-refractivity contribution is -0.167. The molecule has 0 bridgehead atoms. The number of allylic oxidation sites excluding steroid dienone is 8. The van der Waals surface area contributed by atoms with Gasteiger partial charge in [-0.25, -0.2) is 0 Å². The third-order valence-electron chi connectivity index (χ3n) is 10.8. The van der Waals surface area contributed by atoms with Crippen LogP contribution in [0.15, 0.2) is 48.6 Å². The fourth-order valence-electron chi connectivity index (χ4n) is 6.97. The first-order chi connectivity index (χ1) is 29.0. The highest BCUT2D eigenvalue weighted by Crippen LogP contribution is 2.15. The van der Waals surface area contributed by atoms with Crippen LogP contribution < -0.4 is 0 Å². The summed E-state index contributed by atoms with van der Waals surface area (Å²) in [4.78, 5) is 37.9. The lowest BCUT2D eigenvalue weighted by atomic mass is 10.0. The molecule has 6 nitrogen and oxygen atoms in total. The molecule has 0 unspecified atom stereocenters. The number of carbonyl (C=O) groups excluding carboxylic acids is 3. The van der Waals surface area contributed by atoms with E-state index in [9.17, 15) is 14.4 Å². The van der Waals surface area contributed by atoms with Crippen molar-refractivity contribution in [1.29, 1.82) is 0 Å². The SMILES string of the molecule is CCCCC/C=C\C/C=C\C/C=C\CCCCC(=O)OC[C@@H](COC(=O)CCCCCCCCCCCCCCC)OC(=O)CCCCCCC/C=C\CCCCCC. The van der Waals surface area contributed by atoms with E-state index in [0.29, 0.717) is 19.3 Å². The number of carbonyl (C=O) groups is 3. The minimum absolute atomic E-state index is 0.0864. The minimum Gasteiger partial charge on any atom is -0.462 e. The summed E-state index contributed by atoms with van der Waals surface area (Å²) in [6.45, 7) is 6.56. The molecule has 0 rings (SSSR count). The van der Waals surface area contributed by atoms with Gasteiger partial charge >= 0.3 is 17.9 Å².